The van der Waals surface area contributed by atoms with Crippen LogP contribution in [0.1, 0.15) is 19.3 Å². The summed E-state index contributed by atoms with van der Waals surface area (Å²) in [5.41, 5.74) is 0.766. The molecule has 2 fully saturated rings. The van der Waals surface area contributed by atoms with Crippen LogP contribution in [0.2, 0.25) is 0 Å². The van der Waals surface area contributed by atoms with Gasteiger partial charge in [-0.15, -0.1) is 0 Å². The van der Waals surface area contributed by atoms with E-state index in [9.17, 15) is 8.42 Å². The lowest BCUT2D eigenvalue weighted by molar-refractivity contribution is 0.254. The molecule has 0 amide bonds. The summed E-state index contributed by atoms with van der Waals surface area (Å²) in [6.45, 7) is 5.86. The van der Waals surface area contributed by atoms with E-state index in [1.165, 1.54) is 34.5 Å². The molecule has 4 rings (SSSR count). The summed E-state index contributed by atoms with van der Waals surface area (Å²) in [6, 6.07) is 3.86. The molecule has 2 aromatic rings. The maximum absolute atomic E-state index is 12.6. The molecule has 3 heterocycles. The van der Waals surface area contributed by atoms with E-state index in [4.69, 9.17) is 19.4 Å². The molecule has 1 aromatic heterocycles. The molecule has 0 spiro atoms. The second kappa shape index (κ2) is 11.3. The van der Waals surface area contributed by atoms with Crippen molar-refractivity contribution in [1.29, 1.82) is 0 Å². The third kappa shape index (κ3) is 5.77. The average Bonchev–Trinajstić information content (AvgIpc) is 3.39. The number of methoxy groups -OCH3 is 1. The predicted octanol–water partition coefficient (Wildman–Crippen LogP) is 1.50. The maximum Gasteiger partial charge on any atom is 0.281 e. The number of aromatic nitrogens is 2. The van der Waals surface area contributed by atoms with Crippen LogP contribution in [0.5, 0.6) is 11.5 Å². The highest BCUT2D eigenvalue weighted by Crippen LogP contribution is 2.36. The van der Waals surface area contributed by atoms with Gasteiger partial charge >= 0.3 is 0 Å². The number of hydrogen-bond acceptors (Lipinski definition) is 9. The number of nitrogens with zero attached hydrogens (tertiary/aromatic N) is 7. The van der Waals surface area contributed by atoms with Crippen molar-refractivity contribution in [2.75, 3.05) is 97.5 Å². The molecule has 36 heavy (non-hydrogen) atoms. The normalized spacial score (nSPS) is 17.8. The van der Waals surface area contributed by atoms with E-state index in [1.807, 2.05) is 31.1 Å². The van der Waals surface area contributed by atoms with Crippen molar-refractivity contribution in [2.24, 2.45) is 0 Å². The Kier molecular flexibility index (Phi) is 8.38. The Hall–Kier alpha value is -2.41. The number of rotatable bonds is 10. The molecule has 0 unspecified atom stereocenters. The second-order valence-corrected chi connectivity index (χ2v) is 11.8. The average molecular weight is 522 g/mol. The SMILES string of the molecule is COc1cc2c(N3CCN(S(=O)(=O)N(C)C)CC3)nc(N(C)C)nc2cc1OCCCN1CCCC1. The zero-order chi connectivity index (χ0) is 25.9. The molecule has 0 radical (unpaired) electrons. The number of ether oxygens (including phenoxy) is 2. The zero-order valence-electron chi connectivity index (χ0n) is 22.1. The third-order valence-corrected chi connectivity index (χ3v) is 8.69. The maximum atomic E-state index is 12.6. The van der Waals surface area contributed by atoms with Crippen LogP contribution in [-0.2, 0) is 10.2 Å². The number of fused-ring (bicyclic) bond motifs is 1. The fourth-order valence-electron chi connectivity index (χ4n) is 4.66. The van der Waals surface area contributed by atoms with E-state index in [2.05, 4.69) is 9.80 Å². The monoisotopic (exact) mass is 521 g/mol. The highest BCUT2D eigenvalue weighted by Gasteiger charge is 2.30. The minimum Gasteiger partial charge on any atom is -0.493 e. The molecular weight excluding hydrogens is 482 g/mol. The predicted molar refractivity (Wildman–Crippen MR) is 143 cm³/mol. The van der Waals surface area contributed by atoms with E-state index in [-0.39, 0.29) is 0 Å². The van der Waals surface area contributed by atoms with Gasteiger partial charge in [0.15, 0.2) is 11.5 Å². The molecule has 2 saturated heterocycles. The first kappa shape index (κ1) is 26.6. The van der Waals surface area contributed by atoms with Crippen molar-refractivity contribution < 1.29 is 17.9 Å². The largest absolute Gasteiger partial charge is 0.493 e. The first-order valence-electron chi connectivity index (χ1n) is 12.6. The Morgan fingerprint density at radius 2 is 1.64 bits per heavy atom. The van der Waals surface area contributed by atoms with E-state index in [0.717, 1.165) is 29.7 Å². The molecule has 12 heteroatoms. The zero-order valence-corrected chi connectivity index (χ0v) is 22.9. The van der Waals surface area contributed by atoms with Gasteiger partial charge in [-0.05, 0) is 38.4 Å². The summed E-state index contributed by atoms with van der Waals surface area (Å²) in [7, 11) is 5.12. The van der Waals surface area contributed by atoms with Gasteiger partial charge in [0.2, 0.25) is 5.95 Å². The third-order valence-electron chi connectivity index (χ3n) is 6.75. The molecule has 2 aliphatic rings. The van der Waals surface area contributed by atoms with Crippen molar-refractivity contribution in [2.45, 2.75) is 19.3 Å². The molecule has 200 valence electrons. The lowest BCUT2D eigenvalue weighted by Gasteiger charge is -2.36. The molecule has 0 saturated carbocycles. The van der Waals surface area contributed by atoms with Gasteiger partial charge in [0.25, 0.3) is 10.2 Å². The van der Waals surface area contributed by atoms with Gasteiger partial charge < -0.3 is 24.2 Å². The number of likely N-dealkylation sites (tertiary alicyclic amines) is 1. The van der Waals surface area contributed by atoms with Crippen LogP contribution in [0.25, 0.3) is 10.9 Å². The quantitative estimate of drug-likeness (QED) is 0.431. The van der Waals surface area contributed by atoms with Crippen molar-refractivity contribution in [3.8, 4) is 11.5 Å². The molecule has 1 aromatic carbocycles. The van der Waals surface area contributed by atoms with Gasteiger partial charge in [-0.3, -0.25) is 0 Å². The Morgan fingerprint density at radius 3 is 2.25 bits per heavy atom. The van der Waals surface area contributed by atoms with Gasteiger partial charge in [-0.1, -0.05) is 0 Å². The second-order valence-electron chi connectivity index (χ2n) is 9.69. The Balaban J connectivity index is 1.57. The molecule has 0 aliphatic carbocycles. The van der Waals surface area contributed by atoms with Crippen LogP contribution in [0.4, 0.5) is 11.8 Å². The van der Waals surface area contributed by atoms with Crippen molar-refractivity contribution in [1.82, 2.24) is 23.5 Å². The van der Waals surface area contributed by atoms with Gasteiger partial charge in [-0.2, -0.15) is 22.0 Å². The first-order chi connectivity index (χ1) is 17.2. The van der Waals surface area contributed by atoms with Crippen molar-refractivity contribution in [3.05, 3.63) is 12.1 Å². The topological polar surface area (TPSA) is 94.6 Å². The van der Waals surface area contributed by atoms with E-state index in [0.29, 0.717) is 50.2 Å². The van der Waals surface area contributed by atoms with Gasteiger partial charge in [0, 0.05) is 72.4 Å². The molecule has 0 bridgehead atoms. The molecule has 2 aliphatic heterocycles. The van der Waals surface area contributed by atoms with Gasteiger partial charge in [0.1, 0.15) is 5.82 Å². The fraction of sp³-hybridized carbons (Fsp3) is 0.667. The van der Waals surface area contributed by atoms with E-state index in [1.54, 1.807) is 21.2 Å². The van der Waals surface area contributed by atoms with Gasteiger partial charge in [-0.25, -0.2) is 4.98 Å². The number of anilines is 2. The minimum absolute atomic E-state index is 0.388. The minimum atomic E-state index is -3.44. The van der Waals surface area contributed by atoms with Crippen LogP contribution in [0.3, 0.4) is 0 Å². The number of benzene rings is 1. The Bertz CT molecular complexity index is 1140. The van der Waals surface area contributed by atoms with Crippen LogP contribution in [0.15, 0.2) is 12.1 Å². The Labute approximate surface area is 214 Å². The fourth-order valence-corrected chi connectivity index (χ4v) is 5.75. The van der Waals surface area contributed by atoms with Crippen molar-refractivity contribution in [3.63, 3.8) is 0 Å². The highest BCUT2D eigenvalue weighted by molar-refractivity contribution is 7.86. The molecule has 0 atom stereocenters. The molecular formula is C24H39N7O4S. The summed E-state index contributed by atoms with van der Waals surface area (Å²) in [6.07, 6.45) is 3.53. The first-order valence-corrected chi connectivity index (χ1v) is 13.9. The van der Waals surface area contributed by atoms with Crippen LogP contribution < -0.4 is 19.3 Å². The van der Waals surface area contributed by atoms with E-state index >= 15 is 0 Å². The van der Waals surface area contributed by atoms with Crippen LogP contribution in [-0.4, -0.2) is 120 Å². The smallest absolute Gasteiger partial charge is 0.281 e. The summed E-state index contributed by atoms with van der Waals surface area (Å²) in [5, 5.41) is 0.853. The number of piperazine rings is 1. The van der Waals surface area contributed by atoms with Gasteiger partial charge in [0.05, 0.1) is 19.2 Å². The van der Waals surface area contributed by atoms with Crippen molar-refractivity contribution >= 4 is 32.9 Å². The lowest BCUT2D eigenvalue weighted by atomic mass is 10.2. The summed E-state index contributed by atoms with van der Waals surface area (Å²) >= 11 is 0. The molecule has 11 nitrogen and oxygen atoms in total. The Morgan fingerprint density at radius 1 is 0.944 bits per heavy atom. The summed E-state index contributed by atoms with van der Waals surface area (Å²) < 4.78 is 39.7. The molecule has 0 N–H and O–H groups in total. The van der Waals surface area contributed by atoms with E-state index < -0.39 is 10.2 Å². The highest BCUT2D eigenvalue weighted by atomic mass is 32.2. The van der Waals surface area contributed by atoms with Crippen LogP contribution >= 0.6 is 0 Å². The number of hydrogen-bond donors (Lipinski definition) is 0. The standard InChI is InChI=1S/C24H39N7O4S/c1-27(2)24-25-20-18-22(35-16-8-11-29-9-6-7-10-29)21(34-5)17-19(20)23(26-24)30-12-14-31(15-13-30)36(32,33)28(3)4/h17-18H,6-16H2,1-5H3. The van der Waals surface area contributed by atoms with Crippen LogP contribution in [0, 0.1) is 0 Å². The lowest BCUT2D eigenvalue weighted by Crippen LogP contribution is -2.52. The summed E-state index contributed by atoms with van der Waals surface area (Å²) in [4.78, 5) is 16.1. The summed E-state index contributed by atoms with van der Waals surface area (Å²) in [5.74, 6) is 2.66.